The maximum atomic E-state index is 14.8. The van der Waals surface area contributed by atoms with Crippen molar-refractivity contribution in [3.8, 4) is 16.9 Å². The van der Waals surface area contributed by atoms with Gasteiger partial charge < -0.3 is 19.5 Å². The molecule has 1 aliphatic carbocycles. The van der Waals surface area contributed by atoms with Gasteiger partial charge in [0.25, 0.3) is 5.91 Å². The molecular weight excluding hydrogens is 425 g/mol. The first kappa shape index (κ1) is 21.9. The Morgan fingerprint density at radius 3 is 2.52 bits per heavy atom. The normalized spacial score (nSPS) is 23.5. The fourth-order valence-corrected chi connectivity index (χ4v) is 5.49. The summed E-state index contributed by atoms with van der Waals surface area (Å²) >= 11 is 0. The summed E-state index contributed by atoms with van der Waals surface area (Å²) in [5, 5.41) is 9.34. The highest BCUT2D eigenvalue weighted by molar-refractivity contribution is 5.90. The Balaban J connectivity index is 1.28. The van der Waals surface area contributed by atoms with Crippen molar-refractivity contribution in [3.63, 3.8) is 0 Å². The second-order valence-electron chi connectivity index (χ2n) is 9.41. The van der Waals surface area contributed by atoms with E-state index in [9.17, 15) is 19.1 Å². The molecule has 0 aromatic heterocycles. The number of methoxy groups -OCH3 is 1. The molecule has 174 valence electrons. The SMILES string of the molecule is COc1cc(C(=O)O)cc(-c2ccc([C@@H]3CC34CCN(C(=O)C3CCCO3)CC4)cc2)c1F. The van der Waals surface area contributed by atoms with Gasteiger partial charge in [-0.3, -0.25) is 4.79 Å². The first-order chi connectivity index (χ1) is 15.9. The maximum absolute atomic E-state index is 14.8. The molecule has 2 aromatic carbocycles. The third-order valence-electron chi connectivity index (χ3n) is 7.60. The highest BCUT2D eigenvalue weighted by atomic mass is 19.1. The minimum Gasteiger partial charge on any atom is -0.494 e. The van der Waals surface area contributed by atoms with E-state index in [2.05, 4.69) is 0 Å². The van der Waals surface area contributed by atoms with Gasteiger partial charge in [-0.25, -0.2) is 9.18 Å². The molecule has 0 radical (unpaired) electrons. The molecule has 7 heteroatoms. The maximum Gasteiger partial charge on any atom is 0.335 e. The van der Waals surface area contributed by atoms with Gasteiger partial charge in [-0.2, -0.15) is 0 Å². The van der Waals surface area contributed by atoms with E-state index in [0.717, 1.165) is 45.2 Å². The third kappa shape index (κ3) is 3.99. The van der Waals surface area contributed by atoms with E-state index in [0.29, 0.717) is 18.1 Å². The number of aromatic carboxylic acids is 1. The lowest BCUT2D eigenvalue weighted by molar-refractivity contribution is -0.142. The minimum absolute atomic E-state index is 0.0159. The van der Waals surface area contributed by atoms with Crippen LogP contribution in [0.1, 0.15) is 53.9 Å². The summed E-state index contributed by atoms with van der Waals surface area (Å²) in [6, 6.07) is 10.3. The van der Waals surface area contributed by atoms with Crippen LogP contribution in [0.25, 0.3) is 11.1 Å². The summed E-state index contributed by atoms with van der Waals surface area (Å²) in [4.78, 5) is 26.0. The van der Waals surface area contributed by atoms with Crippen molar-refractivity contribution in [3.05, 3.63) is 53.3 Å². The van der Waals surface area contributed by atoms with Crippen LogP contribution >= 0.6 is 0 Å². The van der Waals surface area contributed by atoms with Crippen molar-refractivity contribution in [2.75, 3.05) is 26.8 Å². The van der Waals surface area contributed by atoms with Gasteiger partial charge >= 0.3 is 5.97 Å². The number of carbonyl (C=O) groups excluding carboxylic acids is 1. The largest absolute Gasteiger partial charge is 0.494 e. The molecule has 3 fully saturated rings. The second kappa shape index (κ2) is 8.45. The van der Waals surface area contributed by atoms with Gasteiger partial charge in [0, 0.05) is 25.3 Å². The summed E-state index contributed by atoms with van der Waals surface area (Å²) in [5.41, 5.74) is 2.26. The quantitative estimate of drug-likeness (QED) is 0.723. The highest BCUT2D eigenvalue weighted by Crippen LogP contribution is 2.65. The zero-order valence-electron chi connectivity index (χ0n) is 18.7. The fourth-order valence-electron chi connectivity index (χ4n) is 5.49. The van der Waals surface area contributed by atoms with Crippen LogP contribution in [0.15, 0.2) is 36.4 Å². The number of piperidine rings is 1. The molecule has 6 nitrogen and oxygen atoms in total. The molecule has 2 heterocycles. The summed E-state index contributed by atoms with van der Waals surface area (Å²) in [6.07, 6.45) is 4.63. The van der Waals surface area contributed by atoms with E-state index in [1.54, 1.807) is 0 Å². The number of hydrogen-bond acceptors (Lipinski definition) is 4. The van der Waals surface area contributed by atoms with Gasteiger partial charge in [0.2, 0.25) is 0 Å². The van der Waals surface area contributed by atoms with Crippen LogP contribution < -0.4 is 4.74 Å². The minimum atomic E-state index is -1.13. The molecular formula is C26H28FNO5. The molecule has 33 heavy (non-hydrogen) atoms. The van der Waals surface area contributed by atoms with Crippen molar-refractivity contribution in [1.29, 1.82) is 0 Å². The number of ether oxygens (including phenoxy) is 2. The van der Waals surface area contributed by atoms with Gasteiger partial charge in [0.1, 0.15) is 6.10 Å². The van der Waals surface area contributed by atoms with E-state index in [1.165, 1.54) is 24.8 Å². The van der Waals surface area contributed by atoms with Crippen LogP contribution in [0.3, 0.4) is 0 Å². The van der Waals surface area contributed by atoms with Gasteiger partial charge in [-0.05, 0) is 66.7 Å². The predicted octanol–water partition coefficient (Wildman–Crippen LogP) is 4.47. The van der Waals surface area contributed by atoms with Crippen molar-refractivity contribution in [1.82, 2.24) is 4.90 Å². The Morgan fingerprint density at radius 1 is 1.18 bits per heavy atom. The van der Waals surface area contributed by atoms with Gasteiger partial charge in [0.15, 0.2) is 11.6 Å². The first-order valence-electron chi connectivity index (χ1n) is 11.5. The van der Waals surface area contributed by atoms with E-state index in [4.69, 9.17) is 9.47 Å². The molecule has 1 N–H and O–H groups in total. The number of nitrogens with zero attached hydrogens (tertiary/aromatic N) is 1. The van der Waals surface area contributed by atoms with E-state index in [1.807, 2.05) is 29.2 Å². The van der Waals surface area contributed by atoms with Crippen molar-refractivity contribution >= 4 is 11.9 Å². The van der Waals surface area contributed by atoms with Crippen LogP contribution in [-0.2, 0) is 9.53 Å². The topological polar surface area (TPSA) is 76.1 Å². The summed E-state index contributed by atoms with van der Waals surface area (Å²) in [7, 11) is 1.32. The molecule has 2 aromatic rings. The molecule has 1 saturated carbocycles. The van der Waals surface area contributed by atoms with Crippen molar-refractivity contribution < 1.29 is 28.6 Å². The number of carbonyl (C=O) groups is 2. The Morgan fingerprint density at radius 2 is 1.91 bits per heavy atom. The Labute approximate surface area is 192 Å². The Hall–Kier alpha value is -2.93. The van der Waals surface area contributed by atoms with Gasteiger partial charge in [0.05, 0.1) is 12.7 Å². The molecule has 1 spiro atoms. The molecule has 3 aliphatic rings. The smallest absolute Gasteiger partial charge is 0.335 e. The number of hydrogen-bond donors (Lipinski definition) is 1. The zero-order valence-corrected chi connectivity index (χ0v) is 18.7. The van der Waals surface area contributed by atoms with E-state index < -0.39 is 11.8 Å². The summed E-state index contributed by atoms with van der Waals surface area (Å²) in [6.45, 7) is 2.24. The molecule has 2 saturated heterocycles. The van der Waals surface area contributed by atoms with Crippen LogP contribution in [0.4, 0.5) is 4.39 Å². The lowest BCUT2D eigenvalue weighted by atomic mass is 9.88. The molecule has 0 bridgehead atoms. The fraction of sp³-hybridized carbons (Fsp3) is 0.462. The second-order valence-corrected chi connectivity index (χ2v) is 9.41. The van der Waals surface area contributed by atoms with Crippen molar-refractivity contribution in [2.45, 2.75) is 44.1 Å². The lowest BCUT2D eigenvalue weighted by Crippen LogP contribution is -2.44. The van der Waals surface area contributed by atoms with Gasteiger partial charge in [-0.15, -0.1) is 0 Å². The van der Waals surface area contributed by atoms with Gasteiger partial charge in [-0.1, -0.05) is 24.3 Å². The van der Waals surface area contributed by atoms with Crippen LogP contribution in [0.5, 0.6) is 5.75 Å². The highest BCUT2D eigenvalue weighted by Gasteiger charge is 2.55. The summed E-state index contributed by atoms with van der Waals surface area (Å²) < 4.78 is 25.4. The van der Waals surface area contributed by atoms with Crippen LogP contribution in [0.2, 0.25) is 0 Å². The number of rotatable bonds is 5. The van der Waals surface area contributed by atoms with Crippen LogP contribution in [0, 0.1) is 11.2 Å². The number of amides is 1. The number of likely N-dealkylation sites (tertiary alicyclic amines) is 1. The lowest BCUT2D eigenvalue weighted by Gasteiger charge is -2.34. The molecule has 1 amide bonds. The third-order valence-corrected chi connectivity index (χ3v) is 7.60. The summed E-state index contributed by atoms with van der Waals surface area (Å²) in [5.74, 6) is -1.20. The van der Waals surface area contributed by atoms with E-state index in [-0.39, 0.29) is 34.3 Å². The monoisotopic (exact) mass is 453 g/mol. The number of carboxylic acids is 1. The van der Waals surface area contributed by atoms with E-state index >= 15 is 0 Å². The zero-order chi connectivity index (χ0) is 23.2. The first-order valence-corrected chi connectivity index (χ1v) is 11.5. The molecule has 2 aliphatic heterocycles. The average Bonchev–Trinajstić information content (AvgIpc) is 3.25. The van der Waals surface area contributed by atoms with Crippen molar-refractivity contribution in [2.24, 2.45) is 5.41 Å². The molecule has 1 unspecified atom stereocenters. The number of benzene rings is 2. The van der Waals surface area contributed by atoms with Crippen LogP contribution in [-0.4, -0.2) is 54.8 Å². The molecule has 5 rings (SSSR count). The number of halogens is 1. The predicted molar refractivity (Wildman–Crippen MR) is 120 cm³/mol. The molecule has 2 atom stereocenters. The Bertz CT molecular complexity index is 1070. The standard InChI is InChI=1S/C26H28FNO5/c1-32-22-14-18(25(30)31)13-19(23(22)27)16-4-6-17(7-5-16)20-15-26(20)8-10-28(11-9-26)24(29)21-3-2-12-33-21/h4-7,13-14,20-21H,2-3,8-12,15H2,1H3,(H,30,31)/t20-,21?/m0/s1. The number of carboxylic acid groups (broad SMARTS) is 1. The Kier molecular flexibility index (Phi) is 5.60. The average molecular weight is 454 g/mol.